The molecule has 0 saturated carbocycles. The number of amides is 3. The van der Waals surface area contributed by atoms with Gasteiger partial charge in [0.15, 0.2) is 5.76 Å². The molecule has 0 saturated heterocycles. The quantitative estimate of drug-likeness (QED) is 0.747. The van der Waals surface area contributed by atoms with Gasteiger partial charge in [-0.25, -0.2) is 0 Å². The van der Waals surface area contributed by atoms with Crippen molar-refractivity contribution in [3.8, 4) is 0 Å². The number of likely N-dealkylation sites (N-methyl/N-ethyl adjacent to an activating group) is 2. The molecule has 0 aliphatic carbocycles. The third-order valence-electron chi connectivity index (χ3n) is 3.37. The molecule has 1 heterocycles. The number of furan rings is 1. The number of hydrogen-bond acceptors (Lipinski definition) is 4. The van der Waals surface area contributed by atoms with E-state index in [0.29, 0.717) is 13.1 Å². The van der Waals surface area contributed by atoms with Crippen LogP contribution in [0.5, 0.6) is 0 Å². The Balaban J connectivity index is 2.79. The summed E-state index contributed by atoms with van der Waals surface area (Å²) in [6, 6.07) is 2.42. The molecule has 1 aromatic rings. The summed E-state index contributed by atoms with van der Waals surface area (Å²) >= 11 is 0. The van der Waals surface area contributed by atoms with Crippen molar-refractivity contribution < 1.29 is 18.8 Å². The standard InChI is InChI=1S/C16H25N3O4/c1-5-17-13(20)10-19(6-2)16(22)14(11(3)4)18-15(21)12-8-7-9-23-12/h7-9,11,14H,5-6,10H2,1-4H3,(H,17,20)(H,18,21). The summed E-state index contributed by atoms with van der Waals surface area (Å²) in [6.07, 6.45) is 1.40. The van der Waals surface area contributed by atoms with Gasteiger partial charge in [-0.2, -0.15) is 0 Å². The van der Waals surface area contributed by atoms with Gasteiger partial charge in [0.05, 0.1) is 12.8 Å². The molecule has 1 atom stereocenters. The van der Waals surface area contributed by atoms with Gasteiger partial charge in [0, 0.05) is 13.1 Å². The zero-order valence-electron chi connectivity index (χ0n) is 14.1. The normalized spacial score (nSPS) is 11.9. The molecule has 1 aromatic heterocycles. The molecular formula is C16H25N3O4. The Morgan fingerprint density at radius 1 is 1.26 bits per heavy atom. The van der Waals surface area contributed by atoms with Crippen LogP contribution in [0.4, 0.5) is 0 Å². The van der Waals surface area contributed by atoms with Crippen LogP contribution in [-0.4, -0.2) is 48.3 Å². The minimum atomic E-state index is -0.720. The average Bonchev–Trinajstić information content (AvgIpc) is 3.03. The summed E-state index contributed by atoms with van der Waals surface area (Å²) in [4.78, 5) is 37.9. The Kier molecular flexibility index (Phi) is 7.31. The van der Waals surface area contributed by atoms with Gasteiger partial charge >= 0.3 is 0 Å². The summed E-state index contributed by atoms with van der Waals surface area (Å²) in [7, 11) is 0. The van der Waals surface area contributed by atoms with E-state index in [1.165, 1.54) is 17.2 Å². The number of hydrogen-bond donors (Lipinski definition) is 2. The van der Waals surface area contributed by atoms with Gasteiger partial charge in [0.2, 0.25) is 11.8 Å². The summed E-state index contributed by atoms with van der Waals surface area (Å²) in [5.74, 6) is -0.924. The van der Waals surface area contributed by atoms with Gasteiger partial charge < -0.3 is 20.0 Å². The van der Waals surface area contributed by atoms with Crippen molar-refractivity contribution in [3.63, 3.8) is 0 Å². The molecule has 0 radical (unpaired) electrons. The minimum absolute atomic E-state index is 0.0248. The van der Waals surface area contributed by atoms with Gasteiger partial charge in [-0.15, -0.1) is 0 Å². The van der Waals surface area contributed by atoms with E-state index in [4.69, 9.17) is 4.42 Å². The SMILES string of the molecule is CCNC(=O)CN(CC)C(=O)C(NC(=O)c1ccco1)C(C)C. The molecule has 7 nitrogen and oxygen atoms in total. The molecule has 0 bridgehead atoms. The van der Waals surface area contributed by atoms with Crippen molar-refractivity contribution in [2.24, 2.45) is 5.92 Å². The minimum Gasteiger partial charge on any atom is -0.459 e. The van der Waals surface area contributed by atoms with Gasteiger partial charge in [0.25, 0.3) is 5.91 Å². The number of rotatable bonds is 8. The maximum Gasteiger partial charge on any atom is 0.287 e. The fraction of sp³-hybridized carbons (Fsp3) is 0.562. The lowest BCUT2D eigenvalue weighted by Crippen LogP contribution is -2.53. The van der Waals surface area contributed by atoms with Crippen LogP contribution in [0.15, 0.2) is 22.8 Å². The maximum atomic E-state index is 12.7. The molecule has 0 aliphatic rings. The highest BCUT2D eigenvalue weighted by Gasteiger charge is 2.29. The Hall–Kier alpha value is -2.31. The van der Waals surface area contributed by atoms with E-state index in [1.807, 2.05) is 20.8 Å². The summed E-state index contributed by atoms with van der Waals surface area (Å²) < 4.78 is 5.04. The molecule has 0 aromatic carbocycles. The lowest BCUT2D eigenvalue weighted by molar-refractivity contribution is -0.138. The molecule has 3 amide bonds. The van der Waals surface area contributed by atoms with Gasteiger partial charge in [0.1, 0.15) is 6.04 Å². The Morgan fingerprint density at radius 3 is 2.43 bits per heavy atom. The Morgan fingerprint density at radius 2 is 1.96 bits per heavy atom. The fourth-order valence-electron chi connectivity index (χ4n) is 2.10. The van der Waals surface area contributed by atoms with E-state index < -0.39 is 11.9 Å². The highest BCUT2D eigenvalue weighted by molar-refractivity contribution is 5.96. The van der Waals surface area contributed by atoms with Crippen LogP contribution in [0.2, 0.25) is 0 Å². The van der Waals surface area contributed by atoms with Crippen LogP contribution < -0.4 is 10.6 Å². The van der Waals surface area contributed by atoms with Crippen LogP contribution in [0, 0.1) is 5.92 Å². The Labute approximate surface area is 136 Å². The second-order valence-corrected chi connectivity index (χ2v) is 5.48. The first-order valence-corrected chi connectivity index (χ1v) is 7.80. The van der Waals surface area contributed by atoms with Crippen LogP contribution >= 0.6 is 0 Å². The van der Waals surface area contributed by atoms with E-state index in [-0.39, 0.29) is 30.0 Å². The molecule has 0 aliphatic heterocycles. The number of carbonyl (C=O) groups excluding carboxylic acids is 3. The van der Waals surface area contributed by atoms with E-state index in [0.717, 1.165) is 0 Å². The van der Waals surface area contributed by atoms with Crippen LogP contribution in [0.25, 0.3) is 0 Å². The predicted octanol–water partition coefficient (Wildman–Crippen LogP) is 1.02. The molecule has 1 rings (SSSR count). The van der Waals surface area contributed by atoms with Gasteiger partial charge in [-0.1, -0.05) is 13.8 Å². The Bertz CT molecular complexity index is 525. The number of nitrogens with one attached hydrogen (secondary N) is 2. The van der Waals surface area contributed by atoms with Crippen molar-refractivity contribution in [1.82, 2.24) is 15.5 Å². The van der Waals surface area contributed by atoms with Crippen molar-refractivity contribution in [2.75, 3.05) is 19.6 Å². The van der Waals surface area contributed by atoms with E-state index in [9.17, 15) is 14.4 Å². The molecular weight excluding hydrogens is 298 g/mol. The van der Waals surface area contributed by atoms with Crippen LogP contribution in [0.1, 0.15) is 38.2 Å². The third-order valence-corrected chi connectivity index (χ3v) is 3.37. The second kappa shape index (κ2) is 8.97. The molecule has 7 heteroatoms. The average molecular weight is 323 g/mol. The van der Waals surface area contributed by atoms with Gasteiger partial charge in [-0.3, -0.25) is 14.4 Å². The zero-order valence-corrected chi connectivity index (χ0v) is 14.1. The first-order valence-electron chi connectivity index (χ1n) is 7.80. The molecule has 128 valence electrons. The second-order valence-electron chi connectivity index (χ2n) is 5.48. The smallest absolute Gasteiger partial charge is 0.287 e. The first-order chi connectivity index (χ1) is 10.9. The lowest BCUT2D eigenvalue weighted by Gasteiger charge is -2.28. The fourth-order valence-corrected chi connectivity index (χ4v) is 2.10. The molecule has 23 heavy (non-hydrogen) atoms. The topological polar surface area (TPSA) is 91.7 Å². The molecule has 0 spiro atoms. The van der Waals surface area contributed by atoms with Crippen molar-refractivity contribution in [1.29, 1.82) is 0 Å². The van der Waals surface area contributed by atoms with Crippen molar-refractivity contribution in [2.45, 2.75) is 33.7 Å². The van der Waals surface area contributed by atoms with Crippen LogP contribution in [0.3, 0.4) is 0 Å². The van der Waals surface area contributed by atoms with Gasteiger partial charge in [-0.05, 0) is 31.9 Å². The van der Waals surface area contributed by atoms with E-state index in [2.05, 4.69) is 10.6 Å². The largest absolute Gasteiger partial charge is 0.459 e. The summed E-state index contributed by atoms with van der Waals surface area (Å²) in [5.41, 5.74) is 0. The summed E-state index contributed by atoms with van der Waals surface area (Å²) in [5, 5.41) is 5.34. The monoisotopic (exact) mass is 323 g/mol. The van der Waals surface area contributed by atoms with E-state index in [1.54, 1.807) is 13.0 Å². The molecule has 1 unspecified atom stereocenters. The zero-order chi connectivity index (χ0) is 17.4. The molecule has 2 N–H and O–H groups in total. The highest BCUT2D eigenvalue weighted by Crippen LogP contribution is 2.09. The first kappa shape index (κ1) is 18.7. The number of carbonyl (C=O) groups is 3. The highest BCUT2D eigenvalue weighted by atomic mass is 16.3. The van der Waals surface area contributed by atoms with Crippen molar-refractivity contribution in [3.05, 3.63) is 24.2 Å². The predicted molar refractivity (Wildman–Crippen MR) is 85.7 cm³/mol. The number of nitrogens with zero attached hydrogens (tertiary/aromatic N) is 1. The maximum absolute atomic E-state index is 12.7. The summed E-state index contributed by atoms with van der Waals surface area (Å²) in [6.45, 7) is 8.15. The molecule has 0 fully saturated rings. The van der Waals surface area contributed by atoms with Crippen molar-refractivity contribution >= 4 is 17.7 Å². The van der Waals surface area contributed by atoms with Crippen LogP contribution in [-0.2, 0) is 9.59 Å². The third kappa shape index (κ3) is 5.43. The van der Waals surface area contributed by atoms with E-state index >= 15 is 0 Å². The lowest BCUT2D eigenvalue weighted by atomic mass is 10.0.